The van der Waals surface area contributed by atoms with E-state index in [0.717, 1.165) is 24.4 Å². The van der Waals surface area contributed by atoms with Crippen LogP contribution in [0.3, 0.4) is 0 Å². The van der Waals surface area contributed by atoms with Gasteiger partial charge >= 0.3 is 0 Å². The summed E-state index contributed by atoms with van der Waals surface area (Å²) in [5.74, 6) is 1.40. The Balaban J connectivity index is 0.00000338. The predicted molar refractivity (Wildman–Crippen MR) is 120 cm³/mol. The highest BCUT2D eigenvalue weighted by atomic mass is 127. The van der Waals surface area contributed by atoms with E-state index in [4.69, 9.17) is 10.5 Å². The summed E-state index contributed by atoms with van der Waals surface area (Å²) in [5.41, 5.74) is 7.23. The second-order valence-corrected chi connectivity index (χ2v) is 6.75. The van der Waals surface area contributed by atoms with Crippen LogP contribution in [-0.4, -0.2) is 69.2 Å². The largest absolute Gasteiger partial charge is 0.496 e. The number of halogens is 1. The van der Waals surface area contributed by atoms with E-state index in [2.05, 4.69) is 33.1 Å². The summed E-state index contributed by atoms with van der Waals surface area (Å²) in [6.45, 7) is 5.96. The van der Waals surface area contributed by atoms with Crippen molar-refractivity contribution in [2.24, 2.45) is 10.7 Å². The van der Waals surface area contributed by atoms with Gasteiger partial charge in [0.25, 0.3) is 0 Å². The fourth-order valence-corrected chi connectivity index (χ4v) is 3.49. The smallest absolute Gasteiger partial charge is 0.188 e. The molecule has 6 nitrogen and oxygen atoms in total. The van der Waals surface area contributed by atoms with Crippen LogP contribution in [-0.2, 0) is 0 Å². The first-order chi connectivity index (χ1) is 12.1. The van der Waals surface area contributed by atoms with E-state index in [1.54, 1.807) is 7.11 Å². The first-order valence-corrected chi connectivity index (χ1v) is 9.14. The number of rotatable bonds is 8. The number of para-hydroxylation sites is 1. The second kappa shape index (κ2) is 11.6. The summed E-state index contributed by atoms with van der Waals surface area (Å²) in [6.07, 6.45) is 2.50. The minimum atomic E-state index is 0. The Morgan fingerprint density at radius 1 is 1.42 bits per heavy atom. The predicted octanol–water partition coefficient (Wildman–Crippen LogP) is 2.30. The zero-order valence-electron chi connectivity index (χ0n) is 16.4. The Bertz CT molecular complexity index is 567. The Labute approximate surface area is 175 Å². The lowest BCUT2D eigenvalue weighted by Gasteiger charge is -2.25. The highest BCUT2D eigenvalue weighted by Crippen LogP contribution is 2.28. The van der Waals surface area contributed by atoms with Crippen molar-refractivity contribution in [3.8, 4) is 5.75 Å². The zero-order valence-corrected chi connectivity index (χ0v) is 18.8. The van der Waals surface area contributed by atoms with Gasteiger partial charge in [0.05, 0.1) is 19.7 Å². The van der Waals surface area contributed by atoms with E-state index >= 15 is 0 Å². The van der Waals surface area contributed by atoms with E-state index in [-0.39, 0.29) is 30.0 Å². The standard InChI is InChI=1S/C19H33N5O.HI/c1-5-24-12-8-9-15(24)13-21-19(20)22-14-17(23(2)3)16-10-6-7-11-18(16)25-4;/h6-7,10-11,15,17H,5,8-9,12-14H2,1-4H3,(H3,20,21,22);1H. The van der Waals surface area contributed by atoms with Gasteiger partial charge in [-0.2, -0.15) is 0 Å². The van der Waals surface area contributed by atoms with Crippen LogP contribution in [0.2, 0.25) is 0 Å². The van der Waals surface area contributed by atoms with Gasteiger partial charge in [0.1, 0.15) is 5.75 Å². The third-order valence-electron chi connectivity index (χ3n) is 4.98. The number of hydrogen-bond acceptors (Lipinski definition) is 4. The van der Waals surface area contributed by atoms with Crippen molar-refractivity contribution in [1.29, 1.82) is 0 Å². The molecular formula is C19H34IN5O. The van der Waals surface area contributed by atoms with Gasteiger partial charge in [0.2, 0.25) is 0 Å². The minimum absolute atomic E-state index is 0. The normalized spacial score (nSPS) is 19.3. The summed E-state index contributed by atoms with van der Waals surface area (Å²) in [5, 5.41) is 3.30. The van der Waals surface area contributed by atoms with E-state index < -0.39 is 0 Å². The molecule has 3 N–H and O–H groups in total. The number of nitrogens with two attached hydrogens (primary N) is 1. The highest BCUT2D eigenvalue weighted by molar-refractivity contribution is 14.0. The molecule has 1 fully saturated rings. The molecule has 26 heavy (non-hydrogen) atoms. The number of likely N-dealkylation sites (N-methyl/N-ethyl adjacent to an activating group) is 2. The molecule has 2 rings (SSSR count). The maximum absolute atomic E-state index is 6.11. The molecule has 7 heteroatoms. The molecule has 0 saturated carbocycles. The molecule has 0 aliphatic carbocycles. The van der Waals surface area contributed by atoms with Crippen molar-refractivity contribution in [2.75, 3.05) is 47.4 Å². The Hall–Kier alpha value is -1.06. The van der Waals surface area contributed by atoms with Crippen LogP contribution in [0.25, 0.3) is 0 Å². The summed E-state index contributed by atoms with van der Waals surface area (Å²) in [7, 11) is 5.80. The van der Waals surface area contributed by atoms with Crippen molar-refractivity contribution >= 4 is 29.9 Å². The third kappa shape index (κ3) is 6.28. The van der Waals surface area contributed by atoms with Crippen LogP contribution in [0.5, 0.6) is 5.75 Å². The van der Waals surface area contributed by atoms with Crippen molar-refractivity contribution < 1.29 is 4.74 Å². The number of hydrogen-bond donors (Lipinski definition) is 2. The molecule has 2 unspecified atom stereocenters. The molecule has 0 aromatic heterocycles. The maximum atomic E-state index is 6.11. The van der Waals surface area contributed by atoms with Crippen LogP contribution in [0.4, 0.5) is 0 Å². The zero-order chi connectivity index (χ0) is 18.2. The molecule has 2 atom stereocenters. The number of nitrogens with one attached hydrogen (secondary N) is 1. The molecule has 0 spiro atoms. The fourth-order valence-electron chi connectivity index (χ4n) is 3.49. The van der Waals surface area contributed by atoms with Gasteiger partial charge in [0, 0.05) is 18.2 Å². The fraction of sp³-hybridized carbons (Fsp3) is 0.632. The van der Waals surface area contributed by atoms with Gasteiger partial charge in [-0.25, -0.2) is 0 Å². The molecule has 1 aliphatic heterocycles. The highest BCUT2D eigenvalue weighted by Gasteiger charge is 2.22. The molecule has 0 bridgehead atoms. The topological polar surface area (TPSA) is 66.1 Å². The van der Waals surface area contributed by atoms with E-state index in [0.29, 0.717) is 18.5 Å². The lowest BCUT2D eigenvalue weighted by molar-refractivity contribution is 0.267. The van der Waals surface area contributed by atoms with E-state index in [1.165, 1.54) is 19.4 Å². The SMILES string of the molecule is CCN1CCCC1CNC(N)=NCC(c1ccccc1OC)N(C)C.I. The molecule has 1 aromatic rings. The van der Waals surface area contributed by atoms with Crippen LogP contribution in [0.1, 0.15) is 31.4 Å². The third-order valence-corrected chi connectivity index (χ3v) is 4.98. The van der Waals surface area contributed by atoms with Gasteiger partial charge in [-0.15, -0.1) is 24.0 Å². The molecule has 0 radical (unpaired) electrons. The first kappa shape index (κ1) is 23.0. The number of methoxy groups -OCH3 is 1. The quantitative estimate of drug-likeness (QED) is 0.343. The van der Waals surface area contributed by atoms with Gasteiger partial charge in [0.15, 0.2) is 5.96 Å². The van der Waals surface area contributed by atoms with Gasteiger partial charge in [-0.1, -0.05) is 25.1 Å². The Morgan fingerprint density at radius 3 is 2.81 bits per heavy atom. The lowest BCUT2D eigenvalue weighted by atomic mass is 10.0. The maximum Gasteiger partial charge on any atom is 0.188 e. The summed E-state index contributed by atoms with van der Waals surface area (Å²) in [4.78, 5) is 9.22. The Kier molecular flexibility index (Phi) is 10.3. The average Bonchev–Trinajstić information content (AvgIpc) is 3.07. The van der Waals surface area contributed by atoms with Crippen molar-refractivity contribution in [3.05, 3.63) is 29.8 Å². The number of likely N-dealkylation sites (tertiary alicyclic amines) is 1. The molecule has 148 valence electrons. The molecule has 1 aromatic carbocycles. The summed E-state index contributed by atoms with van der Waals surface area (Å²) >= 11 is 0. The van der Waals surface area contributed by atoms with Crippen molar-refractivity contribution in [3.63, 3.8) is 0 Å². The number of aliphatic imine (C=N–C) groups is 1. The van der Waals surface area contributed by atoms with Crippen LogP contribution >= 0.6 is 24.0 Å². The van der Waals surface area contributed by atoms with E-state index in [9.17, 15) is 0 Å². The summed E-state index contributed by atoms with van der Waals surface area (Å²) in [6, 6.07) is 8.76. The van der Waals surface area contributed by atoms with Crippen LogP contribution < -0.4 is 15.8 Å². The van der Waals surface area contributed by atoms with Crippen LogP contribution in [0, 0.1) is 0 Å². The molecular weight excluding hydrogens is 441 g/mol. The van der Waals surface area contributed by atoms with Gasteiger partial charge in [-0.3, -0.25) is 9.89 Å². The molecule has 1 aliphatic rings. The number of guanidine groups is 1. The average molecular weight is 475 g/mol. The second-order valence-electron chi connectivity index (χ2n) is 6.75. The minimum Gasteiger partial charge on any atom is -0.496 e. The first-order valence-electron chi connectivity index (χ1n) is 9.14. The molecule has 1 heterocycles. The number of ether oxygens (including phenoxy) is 1. The lowest BCUT2D eigenvalue weighted by Crippen LogP contribution is -2.43. The van der Waals surface area contributed by atoms with Crippen molar-refractivity contribution in [1.82, 2.24) is 15.1 Å². The van der Waals surface area contributed by atoms with Crippen molar-refractivity contribution in [2.45, 2.75) is 31.8 Å². The summed E-state index contributed by atoms with van der Waals surface area (Å²) < 4.78 is 5.49. The number of benzene rings is 1. The monoisotopic (exact) mass is 475 g/mol. The number of nitrogens with zero attached hydrogens (tertiary/aromatic N) is 3. The Morgan fingerprint density at radius 2 is 2.15 bits per heavy atom. The van der Waals surface area contributed by atoms with Gasteiger partial charge < -0.3 is 20.7 Å². The van der Waals surface area contributed by atoms with Crippen LogP contribution in [0.15, 0.2) is 29.3 Å². The van der Waals surface area contributed by atoms with Gasteiger partial charge in [-0.05, 0) is 46.1 Å². The van der Waals surface area contributed by atoms with E-state index in [1.807, 2.05) is 32.3 Å². The molecule has 1 saturated heterocycles. The molecule has 0 amide bonds.